The van der Waals surface area contributed by atoms with E-state index in [9.17, 15) is 9.59 Å². The Hall–Kier alpha value is -2.63. The molecule has 29 heavy (non-hydrogen) atoms. The van der Waals surface area contributed by atoms with Gasteiger partial charge in [-0.05, 0) is 43.4 Å². The molecule has 0 N–H and O–H groups in total. The molecule has 2 atom stereocenters. The Morgan fingerprint density at radius 3 is 2.52 bits per heavy atom. The molecule has 1 heterocycles. The minimum atomic E-state index is -0.469. The van der Waals surface area contributed by atoms with Gasteiger partial charge in [-0.25, -0.2) is 4.79 Å². The molecule has 6 nitrogen and oxygen atoms in total. The lowest BCUT2D eigenvalue weighted by Crippen LogP contribution is -2.44. The quantitative estimate of drug-likeness (QED) is 0.698. The summed E-state index contributed by atoms with van der Waals surface area (Å²) in [6.45, 7) is 8.34. The van der Waals surface area contributed by atoms with Crippen LogP contribution in [0.15, 0.2) is 34.5 Å². The van der Waals surface area contributed by atoms with E-state index in [0.29, 0.717) is 35.8 Å². The number of carbonyl (C=O) groups excluding carboxylic acids is 2. The van der Waals surface area contributed by atoms with Crippen LogP contribution < -0.4 is 9.47 Å². The predicted octanol–water partition coefficient (Wildman–Crippen LogP) is 4.08. The highest BCUT2D eigenvalue weighted by atomic mass is 16.5. The average molecular weight is 399 g/mol. The van der Waals surface area contributed by atoms with Gasteiger partial charge in [-0.15, -0.1) is 0 Å². The van der Waals surface area contributed by atoms with Gasteiger partial charge in [0.05, 0.1) is 32.3 Å². The Kier molecular flexibility index (Phi) is 5.82. The second kappa shape index (κ2) is 8.01. The van der Waals surface area contributed by atoms with Crippen LogP contribution in [0.25, 0.3) is 0 Å². The van der Waals surface area contributed by atoms with Crippen LogP contribution in [-0.2, 0) is 14.3 Å². The van der Waals surface area contributed by atoms with Crippen molar-refractivity contribution in [2.24, 2.45) is 16.3 Å². The molecule has 1 saturated carbocycles. The van der Waals surface area contributed by atoms with Crippen LogP contribution in [0.2, 0.25) is 0 Å². The number of aliphatic imine (C=N–C) groups is 1. The number of hydrogen-bond donors (Lipinski definition) is 0. The predicted molar refractivity (Wildman–Crippen MR) is 111 cm³/mol. The molecule has 1 aliphatic carbocycles. The Labute approximate surface area is 171 Å². The molecule has 0 saturated heterocycles. The first-order chi connectivity index (χ1) is 13.7. The van der Waals surface area contributed by atoms with E-state index in [0.717, 1.165) is 17.7 Å². The number of esters is 1. The van der Waals surface area contributed by atoms with Crippen molar-refractivity contribution in [3.8, 4) is 11.5 Å². The number of ether oxygens (including phenoxy) is 3. The van der Waals surface area contributed by atoms with Gasteiger partial charge in [-0.3, -0.25) is 9.79 Å². The van der Waals surface area contributed by atoms with Crippen molar-refractivity contribution in [2.45, 2.75) is 46.5 Å². The van der Waals surface area contributed by atoms with Crippen molar-refractivity contribution in [1.82, 2.24) is 0 Å². The maximum atomic E-state index is 13.2. The Morgan fingerprint density at radius 2 is 1.90 bits per heavy atom. The molecular weight excluding hydrogens is 370 g/mol. The van der Waals surface area contributed by atoms with E-state index in [4.69, 9.17) is 14.2 Å². The minimum absolute atomic E-state index is 0.104. The minimum Gasteiger partial charge on any atom is -0.493 e. The van der Waals surface area contributed by atoms with Crippen LogP contribution in [-0.4, -0.2) is 38.3 Å². The van der Waals surface area contributed by atoms with E-state index in [-0.39, 0.29) is 11.2 Å². The molecule has 0 spiro atoms. The first-order valence-electron chi connectivity index (χ1n) is 9.92. The van der Waals surface area contributed by atoms with Gasteiger partial charge in [0.2, 0.25) is 0 Å². The van der Waals surface area contributed by atoms with Gasteiger partial charge in [0, 0.05) is 23.7 Å². The van der Waals surface area contributed by atoms with Crippen LogP contribution in [0.4, 0.5) is 0 Å². The fourth-order valence-corrected chi connectivity index (χ4v) is 4.48. The van der Waals surface area contributed by atoms with E-state index in [2.05, 4.69) is 18.8 Å². The zero-order valence-corrected chi connectivity index (χ0v) is 18.0. The molecule has 1 unspecified atom stereocenters. The Balaban J connectivity index is 2.18. The second-order valence-corrected chi connectivity index (χ2v) is 8.38. The fraction of sp³-hybridized carbons (Fsp3) is 0.522. The zero-order valence-electron chi connectivity index (χ0n) is 18.0. The third-order valence-electron chi connectivity index (χ3n) is 5.62. The third-order valence-corrected chi connectivity index (χ3v) is 5.62. The maximum Gasteiger partial charge on any atom is 0.336 e. The summed E-state index contributed by atoms with van der Waals surface area (Å²) in [5, 5.41) is 0. The number of allylic oxidation sites excluding steroid dienone is 1. The molecule has 1 aliphatic heterocycles. The third kappa shape index (κ3) is 3.93. The average Bonchev–Trinajstić information content (AvgIpc) is 2.65. The number of rotatable bonds is 5. The van der Waals surface area contributed by atoms with Gasteiger partial charge in [0.1, 0.15) is 5.78 Å². The fourth-order valence-electron chi connectivity index (χ4n) is 4.48. The van der Waals surface area contributed by atoms with Gasteiger partial charge in [0.15, 0.2) is 11.5 Å². The van der Waals surface area contributed by atoms with Gasteiger partial charge in [0.25, 0.3) is 0 Å². The molecule has 2 aliphatic rings. The summed E-state index contributed by atoms with van der Waals surface area (Å²) < 4.78 is 16.2. The van der Waals surface area contributed by atoms with Gasteiger partial charge in [-0.1, -0.05) is 19.9 Å². The van der Waals surface area contributed by atoms with Crippen molar-refractivity contribution < 1.29 is 23.8 Å². The summed E-state index contributed by atoms with van der Waals surface area (Å²) >= 11 is 0. The molecule has 0 amide bonds. The SMILES string of the molecule is CCOc1cc([C@H]2C(C(=O)OC)=C(C)N=C3CC(C)(C)CC(=O)C32)ccc1OC. The number of methoxy groups -OCH3 is 2. The lowest BCUT2D eigenvalue weighted by molar-refractivity contribution is -0.136. The number of nitrogens with zero attached hydrogens (tertiary/aromatic N) is 1. The van der Waals surface area contributed by atoms with Gasteiger partial charge >= 0.3 is 5.97 Å². The van der Waals surface area contributed by atoms with Gasteiger partial charge < -0.3 is 14.2 Å². The Morgan fingerprint density at radius 1 is 1.17 bits per heavy atom. The molecule has 0 radical (unpaired) electrons. The van der Waals surface area contributed by atoms with E-state index in [1.54, 1.807) is 7.11 Å². The van der Waals surface area contributed by atoms with Crippen LogP contribution in [0.1, 0.15) is 52.0 Å². The second-order valence-electron chi connectivity index (χ2n) is 8.38. The van der Waals surface area contributed by atoms with E-state index in [1.165, 1.54) is 7.11 Å². The molecule has 1 aromatic carbocycles. The van der Waals surface area contributed by atoms with Crippen molar-refractivity contribution in [3.05, 3.63) is 35.0 Å². The normalized spacial score (nSPS) is 23.2. The largest absolute Gasteiger partial charge is 0.493 e. The molecule has 1 fully saturated rings. The number of Topliss-reactive ketones (excluding diaryl/α,β-unsaturated/α-hetero) is 1. The van der Waals surface area contributed by atoms with Gasteiger partial charge in [-0.2, -0.15) is 0 Å². The summed E-state index contributed by atoms with van der Waals surface area (Å²) in [6, 6.07) is 5.56. The molecule has 156 valence electrons. The number of benzene rings is 1. The van der Waals surface area contributed by atoms with E-state index in [1.807, 2.05) is 32.0 Å². The number of fused-ring (bicyclic) bond motifs is 1. The molecular formula is C23H29NO5. The highest BCUT2D eigenvalue weighted by Crippen LogP contribution is 2.48. The lowest BCUT2D eigenvalue weighted by atomic mass is 9.63. The number of hydrogen-bond acceptors (Lipinski definition) is 6. The number of carbonyl (C=O) groups is 2. The molecule has 1 aromatic rings. The smallest absolute Gasteiger partial charge is 0.336 e. The van der Waals surface area contributed by atoms with E-state index >= 15 is 0 Å². The number of ketones is 1. The Bertz CT molecular complexity index is 897. The van der Waals surface area contributed by atoms with Crippen LogP contribution in [0, 0.1) is 11.3 Å². The van der Waals surface area contributed by atoms with Crippen LogP contribution in [0.3, 0.4) is 0 Å². The van der Waals surface area contributed by atoms with Crippen molar-refractivity contribution in [1.29, 1.82) is 0 Å². The standard InChI is InChI=1S/C23H29NO5/c1-7-29-18-10-14(8-9-17(18)27-5)20-19(22(26)28-6)13(2)24-15-11-23(3,4)12-16(25)21(15)20/h8-10,20-21H,7,11-12H2,1-6H3/t20-,21?/m0/s1. The van der Waals surface area contributed by atoms with Crippen molar-refractivity contribution in [3.63, 3.8) is 0 Å². The zero-order chi connectivity index (χ0) is 21.3. The monoisotopic (exact) mass is 399 g/mol. The van der Waals surface area contributed by atoms with Crippen molar-refractivity contribution in [2.75, 3.05) is 20.8 Å². The molecule has 0 bridgehead atoms. The molecule has 6 heteroatoms. The summed E-state index contributed by atoms with van der Waals surface area (Å²) in [7, 11) is 2.93. The maximum absolute atomic E-state index is 13.2. The first-order valence-corrected chi connectivity index (χ1v) is 9.92. The van der Waals surface area contributed by atoms with Crippen LogP contribution in [0.5, 0.6) is 11.5 Å². The summed E-state index contributed by atoms with van der Waals surface area (Å²) in [6.07, 6.45) is 1.18. The summed E-state index contributed by atoms with van der Waals surface area (Å²) in [5.41, 5.74) is 2.56. The molecule has 0 aromatic heterocycles. The first kappa shape index (κ1) is 21.1. The molecule has 3 rings (SSSR count). The highest BCUT2D eigenvalue weighted by molar-refractivity contribution is 6.12. The van der Waals surface area contributed by atoms with Crippen molar-refractivity contribution >= 4 is 17.5 Å². The lowest BCUT2D eigenvalue weighted by Gasteiger charge is -2.41. The summed E-state index contributed by atoms with van der Waals surface area (Å²) in [4.78, 5) is 30.6. The summed E-state index contributed by atoms with van der Waals surface area (Å²) in [5.74, 6) is -0.0829. The van der Waals surface area contributed by atoms with E-state index < -0.39 is 17.8 Å². The topological polar surface area (TPSA) is 74.2 Å². The highest BCUT2D eigenvalue weighted by Gasteiger charge is 2.47. The van der Waals surface area contributed by atoms with Crippen LogP contribution >= 0.6 is 0 Å².